The van der Waals surface area contributed by atoms with E-state index in [-0.39, 0.29) is 12.1 Å². The summed E-state index contributed by atoms with van der Waals surface area (Å²) in [6, 6.07) is -0.305. The summed E-state index contributed by atoms with van der Waals surface area (Å²) in [4.78, 5) is 26.2. The average molecular weight is 227 g/mol. The molecule has 2 unspecified atom stereocenters. The van der Waals surface area contributed by atoms with Gasteiger partial charge in [-0.25, -0.2) is 4.79 Å². The second-order valence-corrected chi connectivity index (χ2v) is 4.29. The number of carbonyl (C=O) groups is 2. The van der Waals surface area contributed by atoms with Crippen LogP contribution in [0.3, 0.4) is 0 Å². The number of amides is 2. The highest BCUT2D eigenvalue weighted by atomic mass is 16.4. The van der Waals surface area contributed by atoms with Crippen LogP contribution in [-0.4, -0.2) is 65.2 Å². The third kappa shape index (κ3) is 1.84. The van der Waals surface area contributed by atoms with Crippen LogP contribution >= 0.6 is 0 Å². The summed E-state index contributed by atoms with van der Waals surface area (Å²) in [6.45, 7) is 4.44. The second-order valence-electron chi connectivity index (χ2n) is 4.29. The first-order valence-electron chi connectivity index (χ1n) is 5.64. The highest BCUT2D eigenvalue weighted by Gasteiger charge is 2.38. The summed E-state index contributed by atoms with van der Waals surface area (Å²) in [5.41, 5.74) is 0. The van der Waals surface area contributed by atoms with Gasteiger partial charge in [-0.3, -0.25) is 9.69 Å². The van der Waals surface area contributed by atoms with Crippen molar-refractivity contribution in [1.82, 2.24) is 15.1 Å². The molecule has 0 aliphatic carbocycles. The van der Waals surface area contributed by atoms with Gasteiger partial charge in [-0.05, 0) is 6.42 Å². The Morgan fingerprint density at radius 2 is 2.38 bits per heavy atom. The fourth-order valence-corrected chi connectivity index (χ4v) is 2.50. The number of rotatable bonds is 3. The zero-order valence-electron chi connectivity index (χ0n) is 9.35. The Kier molecular flexibility index (Phi) is 3.00. The Hall–Kier alpha value is -1.30. The maximum Gasteiger partial charge on any atom is 0.320 e. The van der Waals surface area contributed by atoms with E-state index in [0.29, 0.717) is 32.6 Å². The third-order valence-corrected chi connectivity index (χ3v) is 3.38. The average Bonchev–Trinajstić information content (AvgIpc) is 2.61. The molecule has 0 radical (unpaired) electrons. The fraction of sp³-hybridized carbons (Fsp3) is 0.800. The number of nitrogens with one attached hydrogen (secondary N) is 1. The number of hydrogen-bond acceptors (Lipinski definition) is 3. The number of hydrogen-bond donors (Lipinski definition) is 2. The summed E-state index contributed by atoms with van der Waals surface area (Å²) in [5, 5.41) is 11.9. The third-order valence-electron chi connectivity index (χ3n) is 3.38. The van der Waals surface area contributed by atoms with Gasteiger partial charge < -0.3 is 15.3 Å². The van der Waals surface area contributed by atoms with Crippen LogP contribution in [0.4, 0.5) is 4.79 Å². The molecule has 2 atom stereocenters. The molecule has 90 valence electrons. The van der Waals surface area contributed by atoms with Crippen LogP contribution in [0.25, 0.3) is 0 Å². The number of carboxylic acids is 1. The minimum atomic E-state index is -0.770. The van der Waals surface area contributed by atoms with E-state index in [9.17, 15) is 9.59 Å². The SMILES string of the molecule is CCC(C(=O)O)N1CCN2C(=O)NCC2C1. The van der Waals surface area contributed by atoms with Gasteiger partial charge >= 0.3 is 12.0 Å². The van der Waals surface area contributed by atoms with Gasteiger partial charge in [0.2, 0.25) is 0 Å². The Balaban J connectivity index is 2.01. The standard InChI is InChI=1S/C10H17N3O3/c1-2-8(9(14)15)12-3-4-13-7(6-12)5-11-10(13)16/h7-8H,2-6H2,1H3,(H,11,16)(H,14,15). The maximum atomic E-state index is 11.4. The van der Waals surface area contributed by atoms with Gasteiger partial charge in [0.15, 0.2) is 0 Å². The summed E-state index contributed by atoms with van der Waals surface area (Å²) in [5.74, 6) is -0.770. The Bertz CT molecular complexity index is 308. The van der Waals surface area contributed by atoms with E-state index >= 15 is 0 Å². The topological polar surface area (TPSA) is 72.9 Å². The van der Waals surface area contributed by atoms with E-state index in [1.807, 2.05) is 11.8 Å². The zero-order chi connectivity index (χ0) is 11.7. The van der Waals surface area contributed by atoms with E-state index in [2.05, 4.69) is 5.32 Å². The molecule has 2 saturated heterocycles. The van der Waals surface area contributed by atoms with Gasteiger partial charge in [0.1, 0.15) is 6.04 Å². The van der Waals surface area contributed by atoms with Crippen LogP contribution in [0.2, 0.25) is 0 Å². The zero-order valence-corrected chi connectivity index (χ0v) is 9.35. The molecular weight excluding hydrogens is 210 g/mol. The molecule has 2 N–H and O–H groups in total. The van der Waals surface area contributed by atoms with Crippen molar-refractivity contribution in [2.24, 2.45) is 0 Å². The molecule has 0 spiro atoms. The summed E-state index contributed by atoms with van der Waals surface area (Å²) in [6.07, 6.45) is 0.601. The fourth-order valence-electron chi connectivity index (χ4n) is 2.50. The maximum absolute atomic E-state index is 11.4. The number of nitrogens with zero attached hydrogens (tertiary/aromatic N) is 2. The molecule has 2 heterocycles. The van der Waals surface area contributed by atoms with Gasteiger partial charge in [-0.1, -0.05) is 6.92 Å². The highest BCUT2D eigenvalue weighted by molar-refractivity contribution is 5.77. The van der Waals surface area contributed by atoms with Gasteiger partial charge in [0.25, 0.3) is 0 Å². The van der Waals surface area contributed by atoms with E-state index in [0.717, 1.165) is 0 Å². The lowest BCUT2D eigenvalue weighted by atomic mass is 10.1. The molecule has 2 rings (SSSR count). The van der Waals surface area contributed by atoms with Crippen LogP contribution in [0.1, 0.15) is 13.3 Å². The number of fused-ring (bicyclic) bond motifs is 1. The number of carboxylic acid groups (broad SMARTS) is 1. The molecule has 2 aliphatic rings. The Labute approximate surface area is 94.2 Å². The van der Waals surface area contributed by atoms with E-state index < -0.39 is 12.0 Å². The van der Waals surface area contributed by atoms with Crippen molar-refractivity contribution in [2.75, 3.05) is 26.2 Å². The molecule has 0 aromatic carbocycles. The van der Waals surface area contributed by atoms with Crippen LogP contribution < -0.4 is 5.32 Å². The smallest absolute Gasteiger partial charge is 0.320 e. The van der Waals surface area contributed by atoms with Crippen molar-refractivity contribution >= 4 is 12.0 Å². The van der Waals surface area contributed by atoms with Gasteiger partial charge in [-0.15, -0.1) is 0 Å². The second kappa shape index (κ2) is 4.29. The lowest BCUT2D eigenvalue weighted by Gasteiger charge is -2.38. The molecule has 6 heteroatoms. The number of urea groups is 1. The minimum absolute atomic E-state index is 0.0203. The van der Waals surface area contributed by atoms with Crippen molar-refractivity contribution in [3.05, 3.63) is 0 Å². The molecule has 2 fully saturated rings. The lowest BCUT2D eigenvalue weighted by Crippen LogP contribution is -2.56. The van der Waals surface area contributed by atoms with Crippen LogP contribution in [0.15, 0.2) is 0 Å². The summed E-state index contributed by atoms with van der Waals surface area (Å²) < 4.78 is 0. The minimum Gasteiger partial charge on any atom is -0.480 e. The van der Waals surface area contributed by atoms with Gasteiger partial charge in [0, 0.05) is 26.2 Å². The van der Waals surface area contributed by atoms with Crippen LogP contribution in [0, 0.1) is 0 Å². The summed E-state index contributed by atoms with van der Waals surface area (Å²) in [7, 11) is 0. The summed E-state index contributed by atoms with van der Waals surface area (Å²) >= 11 is 0. The normalized spacial score (nSPS) is 27.4. The van der Waals surface area contributed by atoms with Crippen LogP contribution in [-0.2, 0) is 4.79 Å². The highest BCUT2D eigenvalue weighted by Crippen LogP contribution is 2.17. The number of piperazine rings is 1. The quantitative estimate of drug-likeness (QED) is 0.685. The van der Waals surface area contributed by atoms with Crippen LogP contribution in [0.5, 0.6) is 0 Å². The van der Waals surface area contributed by atoms with Crippen molar-refractivity contribution < 1.29 is 14.7 Å². The molecule has 6 nitrogen and oxygen atoms in total. The molecular formula is C10H17N3O3. The predicted molar refractivity (Wildman–Crippen MR) is 57.2 cm³/mol. The molecule has 2 aliphatic heterocycles. The first kappa shape index (κ1) is 11.2. The van der Waals surface area contributed by atoms with Crippen molar-refractivity contribution in [1.29, 1.82) is 0 Å². The molecule has 0 aromatic heterocycles. The molecule has 0 bridgehead atoms. The molecule has 16 heavy (non-hydrogen) atoms. The van der Waals surface area contributed by atoms with E-state index in [1.165, 1.54) is 0 Å². The van der Waals surface area contributed by atoms with Crippen molar-refractivity contribution in [3.8, 4) is 0 Å². The van der Waals surface area contributed by atoms with Crippen molar-refractivity contribution in [3.63, 3.8) is 0 Å². The van der Waals surface area contributed by atoms with Gasteiger partial charge in [0.05, 0.1) is 6.04 Å². The monoisotopic (exact) mass is 227 g/mol. The van der Waals surface area contributed by atoms with E-state index in [4.69, 9.17) is 5.11 Å². The van der Waals surface area contributed by atoms with Gasteiger partial charge in [-0.2, -0.15) is 0 Å². The van der Waals surface area contributed by atoms with E-state index in [1.54, 1.807) is 4.90 Å². The Morgan fingerprint density at radius 1 is 1.62 bits per heavy atom. The first-order chi connectivity index (χ1) is 7.63. The number of carbonyl (C=O) groups excluding carboxylic acids is 1. The Morgan fingerprint density at radius 3 is 3.00 bits per heavy atom. The first-order valence-corrected chi connectivity index (χ1v) is 5.64. The molecule has 0 aromatic rings. The van der Waals surface area contributed by atoms with Crippen molar-refractivity contribution in [2.45, 2.75) is 25.4 Å². The lowest BCUT2D eigenvalue weighted by molar-refractivity contribution is -0.144. The molecule has 2 amide bonds. The predicted octanol–water partition coefficient (Wildman–Crippen LogP) is -0.441. The number of aliphatic carboxylic acids is 1. The largest absolute Gasteiger partial charge is 0.480 e. The molecule has 0 saturated carbocycles.